The summed E-state index contributed by atoms with van der Waals surface area (Å²) in [6, 6.07) is 8.03. The number of nitrogen functional groups attached to an aromatic ring is 1. The number of thiol groups is 1. The van der Waals surface area contributed by atoms with E-state index in [1.807, 2.05) is 18.2 Å². The number of benzene rings is 1. The average Bonchev–Trinajstić information content (AvgIpc) is 2.01. The van der Waals surface area contributed by atoms with E-state index in [1.165, 1.54) is 5.56 Å². The molecule has 1 nitrogen and oxygen atoms in total. The minimum Gasteiger partial charge on any atom is -0.399 e. The highest BCUT2D eigenvalue weighted by Gasteiger charge is 1.96. The van der Waals surface area contributed by atoms with E-state index in [9.17, 15) is 0 Å². The summed E-state index contributed by atoms with van der Waals surface area (Å²) in [6.45, 7) is 2.11. The molecule has 66 valence electrons. The van der Waals surface area contributed by atoms with E-state index in [2.05, 4.69) is 25.6 Å². The fraction of sp³-hybridized carbons (Fsp3) is 0.400. The number of nitrogens with two attached hydrogens (primary N) is 1. The van der Waals surface area contributed by atoms with Crippen molar-refractivity contribution in [1.82, 2.24) is 0 Å². The summed E-state index contributed by atoms with van der Waals surface area (Å²) in [5, 5.41) is 0.464. The molecule has 0 amide bonds. The lowest BCUT2D eigenvalue weighted by molar-refractivity contribution is 0.816. The maximum Gasteiger partial charge on any atom is 0.0316 e. The van der Waals surface area contributed by atoms with Gasteiger partial charge in [0.2, 0.25) is 0 Å². The van der Waals surface area contributed by atoms with Crippen LogP contribution in [0.3, 0.4) is 0 Å². The van der Waals surface area contributed by atoms with Gasteiger partial charge in [0.25, 0.3) is 0 Å². The predicted molar refractivity (Wildman–Crippen MR) is 57.6 cm³/mol. The molecule has 2 N–H and O–H groups in total. The summed E-state index contributed by atoms with van der Waals surface area (Å²) in [7, 11) is 0. The van der Waals surface area contributed by atoms with Gasteiger partial charge in [-0.05, 0) is 35.8 Å². The molecule has 1 atom stereocenters. The number of anilines is 1. The quantitative estimate of drug-likeness (QED) is 0.544. The van der Waals surface area contributed by atoms with Crippen LogP contribution in [0.15, 0.2) is 24.3 Å². The standard InChI is InChI=1S/C10H15NS/c1-8(12)5-6-9-3-2-4-10(11)7-9/h2-4,7-8,12H,5-6,11H2,1H3. The Morgan fingerprint density at radius 2 is 2.25 bits per heavy atom. The van der Waals surface area contributed by atoms with Gasteiger partial charge in [0.1, 0.15) is 0 Å². The lowest BCUT2D eigenvalue weighted by atomic mass is 10.1. The molecule has 1 aromatic carbocycles. The fourth-order valence-electron chi connectivity index (χ4n) is 1.12. The molecule has 0 bridgehead atoms. The highest BCUT2D eigenvalue weighted by Crippen LogP contribution is 2.11. The smallest absolute Gasteiger partial charge is 0.0316 e. The molecule has 0 saturated carbocycles. The molecule has 1 unspecified atom stereocenters. The van der Waals surface area contributed by atoms with Gasteiger partial charge in [-0.3, -0.25) is 0 Å². The van der Waals surface area contributed by atoms with Gasteiger partial charge < -0.3 is 5.73 Å². The van der Waals surface area contributed by atoms with Crippen LogP contribution in [0, 0.1) is 0 Å². The van der Waals surface area contributed by atoms with Gasteiger partial charge in [-0.2, -0.15) is 12.6 Å². The summed E-state index contributed by atoms with van der Waals surface area (Å²) in [6.07, 6.45) is 2.17. The van der Waals surface area contributed by atoms with Gasteiger partial charge in [0.15, 0.2) is 0 Å². The summed E-state index contributed by atoms with van der Waals surface area (Å²) in [4.78, 5) is 0. The summed E-state index contributed by atoms with van der Waals surface area (Å²) >= 11 is 4.32. The van der Waals surface area contributed by atoms with Crippen LogP contribution in [0.1, 0.15) is 18.9 Å². The summed E-state index contributed by atoms with van der Waals surface area (Å²) < 4.78 is 0. The van der Waals surface area contributed by atoms with Crippen LogP contribution < -0.4 is 5.73 Å². The Morgan fingerprint density at radius 1 is 1.50 bits per heavy atom. The second-order valence-corrected chi connectivity index (χ2v) is 4.01. The normalized spacial score (nSPS) is 12.8. The molecule has 12 heavy (non-hydrogen) atoms. The van der Waals surface area contributed by atoms with Crippen LogP contribution >= 0.6 is 12.6 Å². The van der Waals surface area contributed by atoms with Crippen LogP contribution in [0.25, 0.3) is 0 Å². The highest BCUT2D eigenvalue weighted by atomic mass is 32.1. The number of aryl methyl sites for hydroxylation is 1. The van der Waals surface area contributed by atoms with Gasteiger partial charge in [0.05, 0.1) is 0 Å². The Kier molecular flexibility index (Phi) is 3.48. The van der Waals surface area contributed by atoms with E-state index in [0.29, 0.717) is 5.25 Å². The molecule has 0 aromatic heterocycles. The van der Waals surface area contributed by atoms with Crippen molar-refractivity contribution in [3.8, 4) is 0 Å². The van der Waals surface area contributed by atoms with Gasteiger partial charge in [-0.15, -0.1) is 0 Å². The van der Waals surface area contributed by atoms with Crippen LogP contribution in [-0.4, -0.2) is 5.25 Å². The van der Waals surface area contributed by atoms with Crippen molar-refractivity contribution < 1.29 is 0 Å². The third-order valence-corrected chi connectivity index (χ3v) is 2.06. The highest BCUT2D eigenvalue weighted by molar-refractivity contribution is 7.80. The molecule has 0 heterocycles. The van der Waals surface area contributed by atoms with Crippen LogP contribution in [-0.2, 0) is 6.42 Å². The Hall–Kier alpha value is -0.630. The van der Waals surface area contributed by atoms with E-state index < -0.39 is 0 Å². The third-order valence-electron chi connectivity index (χ3n) is 1.80. The van der Waals surface area contributed by atoms with E-state index >= 15 is 0 Å². The topological polar surface area (TPSA) is 26.0 Å². The van der Waals surface area contributed by atoms with E-state index in [-0.39, 0.29) is 0 Å². The van der Waals surface area contributed by atoms with E-state index in [0.717, 1.165) is 18.5 Å². The maximum absolute atomic E-state index is 5.65. The SMILES string of the molecule is CC(S)CCc1cccc(N)c1. The van der Waals surface area contributed by atoms with Gasteiger partial charge in [0, 0.05) is 5.69 Å². The van der Waals surface area contributed by atoms with Crippen LogP contribution in [0.2, 0.25) is 0 Å². The van der Waals surface area contributed by atoms with E-state index in [1.54, 1.807) is 0 Å². The van der Waals surface area contributed by atoms with Crippen molar-refractivity contribution in [3.05, 3.63) is 29.8 Å². The molecule has 0 spiro atoms. The molecule has 0 aliphatic rings. The number of rotatable bonds is 3. The molecule has 0 aliphatic carbocycles. The van der Waals surface area contributed by atoms with Crippen molar-refractivity contribution in [3.63, 3.8) is 0 Å². The van der Waals surface area contributed by atoms with Crippen LogP contribution in [0.5, 0.6) is 0 Å². The van der Waals surface area contributed by atoms with Crippen molar-refractivity contribution in [1.29, 1.82) is 0 Å². The van der Waals surface area contributed by atoms with Crippen molar-refractivity contribution in [2.24, 2.45) is 0 Å². The Balaban J connectivity index is 2.52. The summed E-state index contributed by atoms with van der Waals surface area (Å²) in [5.74, 6) is 0. The molecular weight excluding hydrogens is 166 g/mol. The zero-order valence-corrected chi connectivity index (χ0v) is 8.22. The maximum atomic E-state index is 5.65. The number of hydrogen-bond donors (Lipinski definition) is 2. The molecule has 0 radical (unpaired) electrons. The van der Waals surface area contributed by atoms with E-state index in [4.69, 9.17) is 5.73 Å². The van der Waals surface area contributed by atoms with Crippen molar-refractivity contribution in [2.45, 2.75) is 25.0 Å². The van der Waals surface area contributed by atoms with Crippen molar-refractivity contribution >= 4 is 18.3 Å². The average molecular weight is 181 g/mol. The Labute approximate surface area is 79.4 Å². The fourth-order valence-corrected chi connectivity index (χ4v) is 1.25. The molecule has 0 aliphatic heterocycles. The van der Waals surface area contributed by atoms with Gasteiger partial charge in [-0.1, -0.05) is 19.1 Å². The van der Waals surface area contributed by atoms with Crippen LogP contribution in [0.4, 0.5) is 5.69 Å². The molecule has 0 saturated heterocycles. The first-order valence-electron chi connectivity index (χ1n) is 4.21. The zero-order chi connectivity index (χ0) is 8.97. The minimum atomic E-state index is 0.464. The first kappa shape index (κ1) is 9.46. The Bertz CT molecular complexity index is 245. The largest absolute Gasteiger partial charge is 0.399 e. The molecule has 0 fully saturated rings. The van der Waals surface area contributed by atoms with Gasteiger partial charge in [-0.25, -0.2) is 0 Å². The lowest BCUT2D eigenvalue weighted by Gasteiger charge is -2.04. The lowest BCUT2D eigenvalue weighted by Crippen LogP contribution is -1.95. The molecule has 1 rings (SSSR count). The zero-order valence-electron chi connectivity index (χ0n) is 7.33. The molecular formula is C10H15NS. The summed E-state index contributed by atoms with van der Waals surface area (Å²) in [5.41, 5.74) is 7.79. The second kappa shape index (κ2) is 4.41. The van der Waals surface area contributed by atoms with Crippen molar-refractivity contribution in [2.75, 3.05) is 5.73 Å². The number of hydrogen-bond acceptors (Lipinski definition) is 2. The molecule has 1 aromatic rings. The minimum absolute atomic E-state index is 0.464. The second-order valence-electron chi connectivity index (χ2n) is 3.13. The Morgan fingerprint density at radius 3 is 2.83 bits per heavy atom. The molecule has 2 heteroatoms. The van der Waals surface area contributed by atoms with Gasteiger partial charge >= 0.3 is 0 Å². The predicted octanol–water partition coefficient (Wildman–Crippen LogP) is 2.52. The first-order valence-corrected chi connectivity index (χ1v) is 4.72. The first-order chi connectivity index (χ1) is 5.68. The monoisotopic (exact) mass is 181 g/mol. The third kappa shape index (κ3) is 3.18.